The SMILES string of the molecule is O=C(NCc1cccs1)c1cc2c(s1)-c1ccsc1CC2. The zero-order valence-electron chi connectivity index (χ0n) is 11.2. The molecule has 1 amide bonds. The molecule has 2 nitrogen and oxygen atoms in total. The molecule has 1 N–H and O–H groups in total. The van der Waals surface area contributed by atoms with Crippen molar-refractivity contribution in [1.29, 1.82) is 0 Å². The van der Waals surface area contributed by atoms with Gasteiger partial charge in [0.1, 0.15) is 0 Å². The molecule has 0 saturated carbocycles. The summed E-state index contributed by atoms with van der Waals surface area (Å²) >= 11 is 5.12. The van der Waals surface area contributed by atoms with Crippen LogP contribution in [-0.4, -0.2) is 5.91 Å². The number of aryl methyl sites for hydroxylation is 2. The molecule has 0 saturated heterocycles. The molecule has 3 aromatic heterocycles. The first-order valence-electron chi connectivity index (χ1n) is 6.81. The fraction of sp³-hybridized carbons (Fsp3) is 0.188. The van der Waals surface area contributed by atoms with Gasteiger partial charge < -0.3 is 5.32 Å². The minimum absolute atomic E-state index is 0.0413. The summed E-state index contributed by atoms with van der Waals surface area (Å²) in [6.07, 6.45) is 2.16. The molecule has 21 heavy (non-hydrogen) atoms. The molecule has 5 heteroatoms. The Morgan fingerprint density at radius 1 is 1.19 bits per heavy atom. The summed E-state index contributed by atoms with van der Waals surface area (Å²) in [5.74, 6) is 0.0413. The van der Waals surface area contributed by atoms with Crippen LogP contribution >= 0.6 is 34.0 Å². The van der Waals surface area contributed by atoms with Gasteiger partial charge in [0.05, 0.1) is 11.4 Å². The van der Waals surface area contributed by atoms with Crippen LogP contribution in [0.25, 0.3) is 10.4 Å². The second kappa shape index (κ2) is 5.40. The predicted octanol–water partition coefficient (Wildman–Crippen LogP) is 4.57. The molecule has 106 valence electrons. The first kappa shape index (κ1) is 13.2. The molecular weight excluding hydrogens is 318 g/mol. The van der Waals surface area contributed by atoms with Gasteiger partial charge in [0.15, 0.2) is 0 Å². The lowest BCUT2D eigenvalue weighted by molar-refractivity contribution is 0.0955. The normalized spacial score (nSPS) is 12.8. The number of rotatable bonds is 3. The van der Waals surface area contributed by atoms with E-state index in [9.17, 15) is 4.79 Å². The Hall–Kier alpha value is -1.43. The Balaban J connectivity index is 1.56. The van der Waals surface area contributed by atoms with Crippen molar-refractivity contribution in [3.05, 3.63) is 55.2 Å². The zero-order valence-corrected chi connectivity index (χ0v) is 13.7. The molecule has 0 radical (unpaired) electrons. The molecule has 0 unspecified atom stereocenters. The van der Waals surface area contributed by atoms with E-state index < -0.39 is 0 Å². The maximum absolute atomic E-state index is 12.3. The van der Waals surface area contributed by atoms with Gasteiger partial charge in [-0.2, -0.15) is 0 Å². The van der Waals surface area contributed by atoms with Crippen molar-refractivity contribution in [2.45, 2.75) is 19.4 Å². The van der Waals surface area contributed by atoms with Crippen LogP contribution in [0.4, 0.5) is 0 Å². The van der Waals surface area contributed by atoms with Crippen molar-refractivity contribution in [2.75, 3.05) is 0 Å². The van der Waals surface area contributed by atoms with E-state index in [1.807, 2.05) is 28.8 Å². The van der Waals surface area contributed by atoms with Crippen LogP contribution in [0.2, 0.25) is 0 Å². The highest BCUT2D eigenvalue weighted by Gasteiger charge is 2.22. The average molecular weight is 331 g/mol. The summed E-state index contributed by atoms with van der Waals surface area (Å²) in [4.78, 5) is 17.1. The molecule has 0 spiro atoms. The maximum atomic E-state index is 12.3. The topological polar surface area (TPSA) is 29.1 Å². The van der Waals surface area contributed by atoms with Crippen LogP contribution in [0.15, 0.2) is 35.0 Å². The number of amides is 1. The van der Waals surface area contributed by atoms with E-state index in [1.165, 1.54) is 25.8 Å². The van der Waals surface area contributed by atoms with E-state index in [2.05, 4.69) is 22.8 Å². The molecule has 0 fully saturated rings. The van der Waals surface area contributed by atoms with E-state index in [1.54, 1.807) is 22.7 Å². The number of carbonyl (C=O) groups excluding carboxylic acids is 1. The van der Waals surface area contributed by atoms with Gasteiger partial charge in [0.25, 0.3) is 5.91 Å². The average Bonchev–Trinajstić information content (AvgIpc) is 3.21. The van der Waals surface area contributed by atoms with Crippen molar-refractivity contribution in [2.24, 2.45) is 0 Å². The lowest BCUT2D eigenvalue weighted by Gasteiger charge is -2.10. The van der Waals surface area contributed by atoms with Crippen LogP contribution < -0.4 is 5.32 Å². The van der Waals surface area contributed by atoms with Gasteiger partial charge in [-0.25, -0.2) is 0 Å². The highest BCUT2D eigenvalue weighted by atomic mass is 32.1. The third kappa shape index (κ3) is 2.46. The van der Waals surface area contributed by atoms with Crippen LogP contribution in [0.1, 0.15) is 25.0 Å². The second-order valence-electron chi connectivity index (χ2n) is 4.98. The summed E-state index contributed by atoms with van der Waals surface area (Å²) in [5, 5.41) is 7.19. The molecule has 0 aliphatic heterocycles. The Morgan fingerprint density at radius 2 is 2.14 bits per heavy atom. The first-order valence-corrected chi connectivity index (χ1v) is 9.39. The minimum Gasteiger partial charge on any atom is -0.346 e. The van der Waals surface area contributed by atoms with Crippen molar-refractivity contribution >= 4 is 39.9 Å². The zero-order chi connectivity index (χ0) is 14.2. The molecule has 0 aromatic carbocycles. The summed E-state index contributed by atoms with van der Waals surface area (Å²) in [7, 11) is 0. The van der Waals surface area contributed by atoms with Gasteiger partial charge >= 0.3 is 0 Å². The summed E-state index contributed by atoms with van der Waals surface area (Å²) in [6.45, 7) is 0.614. The van der Waals surface area contributed by atoms with Gasteiger partial charge in [-0.1, -0.05) is 6.07 Å². The van der Waals surface area contributed by atoms with Gasteiger partial charge in [0, 0.05) is 20.2 Å². The molecule has 1 aliphatic rings. The smallest absolute Gasteiger partial charge is 0.261 e. The van der Waals surface area contributed by atoms with Crippen molar-refractivity contribution in [1.82, 2.24) is 5.32 Å². The third-order valence-electron chi connectivity index (χ3n) is 3.65. The Labute approximate surface area is 135 Å². The summed E-state index contributed by atoms with van der Waals surface area (Å²) < 4.78 is 0. The maximum Gasteiger partial charge on any atom is 0.261 e. The number of carbonyl (C=O) groups is 1. The van der Waals surface area contributed by atoms with Gasteiger partial charge in [-0.05, 0) is 47.4 Å². The minimum atomic E-state index is 0.0413. The summed E-state index contributed by atoms with van der Waals surface area (Å²) in [6, 6.07) is 8.31. The highest BCUT2D eigenvalue weighted by molar-refractivity contribution is 7.18. The first-order chi connectivity index (χ1) is 10.3. The van der Waals surface area contributed by atoms with Crippen LogP contribution in [-0.2, 0) is 19.4 Å². The van der Waals surface area contributed by atoms with Crippen LogP contribution in [0.5, 0.6) is 0 Å². The molecule has 3 aromatic rings. The van der Waals surface area contributed by atoms with Gasteiger partial charge in [-0.15, -0.1) is 34.0 Å². The predicted molar refractivity (Wildman–Crippen MR) is 90.5 cm³/mol. The van der Waals surface area contributed by atoms with Gasteiger partial charge in [-0.3, -0.25) is 4.79 Å². The molecular formula is C16H13NOS3. The number of hydrogen-bond donors (Lipinski definition) is 1. The number of nitrogens with one attached hydrogen (secondary N) is 1. The Kier molecular flexibility index (Phi) is 3.41. The largest absolute Gasteiger partial charge is 0.346 e. The second-order valence-corrected chi connectivity index (χ2v) is 8.07. The van der Waals surface area contributed by atoms with Crippen LogP contribution in [0, 0.1) is 0 Å². The fourth-order valence-corrected chi connectivity index (χ4v) is 5.38. The molecule has 1 aliphatic carbocycles. The Bertz CT molecular complexity index is 782. The van der Waals surface area contributed by atoms with E-state index in [0.717, 1.165) is 17.7 Å². The monoisotopic (exact) mass is 331 g/mol. The lowest BCUT2D eigenvalue weighted by Crippen LogP contribution is -2.21. The highest BCUT2D eigenvalue weighted by Crippen LogP contribution is 2.41. The van der Waals surface area contributed by atoms with Crippen molar-refractivity contribution < 1.29 is 4.79 Å². The number of hydrogen-bond acceptors (Lipinski definition) is 4. The third-order valence-corrected chi connectivity index (χ3v) is 6.71. The van der Waals surface area contributed by atoms with E-state index in [-0.39, 0.29) is 5.91 Å². The Morgan fingerprint density at radius 3 is 3.00 bits per heavy atom. The van der Waals surface area contributed by atoms with Crippen molar-refractivity contribution in [3.63, 3.8) is 0 Å². The lowest BCUT2D eigenvalue weighted by atomic mass is 9.98. The summed E-state index contributed by atoms with van der Waals surface area (Å²) in [5.41, 5.74) is 2.66. The molecule has 0 bridgehead atoms. The van der Waals surface area contributed by atoms with E-state index >= 15 is 0 Å². The number of thiophene rings is 3. The molecule has 4 rings (SSSR count). The quantitative estimate of drug-likeness (QED) is 0.748. The van der Waals surface area contributed by atoms with Crippen LogP contribution in [0.3, 0.4) is 0 Å². The molecule has 3 heterocycles. The van der Waals surface area contributed by atoms with E-state index in [0.29, 0.717) is 6.54 Å². The number of fused-ring (bicyclic) bond motifs is 3. The fourth-order valence-electron chi connectivity index (χ4n) is 2.61. The molecule has 0 atom stereocenters. The standard InChI is InChI=1S/C16H13NOS3/c18-16(17-9-11-2-1-6-19-11)14-8-10-3-4-13-12(5-7-20-13)15(10)21-14/h1-2,5-8H,3-4,9H2,(H,17,18). The van der Waals surface area contributed by atoms with Crippen molar-refractivity contribution in [3.8, 4) is 10.4 Å². The van der Waals surface area contributed by atoms with E-state index in [4.69, 9.17) is 0 Å². The van der Waals surface area contributed by atoms with Gasteiger partial charge in [0.2, 0.25) is 0 Å².